The number of imidazole rings is 1. The topological polar surface area (TPSA) is 60.0 Å². The highest BCUT2D eigenvalue weighted by atomic mass is 19.1. The average Bonchev–Trinajstić information content (AvgIpc) is 3.28. The predicted octanol–water partition coefficient (Wildman–Crippen LogP) is 3.78. The van der Waals surface area contributed by atoms with Crippen LogP contribution in [0.5, 0.6) is 0 Å². The van der Waals surface area contributed by atoms with Crippen molar-refractivity contribution in [1.29, 1.82) is 0 Å². The molecule has 1 aliphatic carbocycles. The summed E-state index contributed by atoms with van der Waals surface area (Å²) in [6.07, 6.45) is 6.18. The molecule has 130 valence electrons. The summed E-state index contributed by atoms with van der Waals surface area (Å²) in [6, 6.07) is 10.8. The molecule has 0 radical (unpaired) electrons. The Hall–Kier alpha value is -3.22. The van der Waals surface area contributed by atoms with Crippen molar-refractivity contribution in [1.82, 2.24) is 24.4 Å². The number of hydrogen-bond donors (Lipinski definition) is 1. The van der Waals surface area contributed by atoms with Gasteiger partial charge in [-0.2, -0.15) is 10.2 Å². The van der Waals surface area contributed by atoms with Crippen molar-refractivity contribution >= 4 is 11.5 Å². The SMILES string of the molecule is CNc1cn2nc(-c3cn(C4CC4)nc3-c3ccc(F)cc3)ccc2n1. The van der Waals surface area contributed by atoms with Crippen LogP contribution >= 0.6 is 0 Å². The lowest BCUT2D eigenvalue weighted by Crippen LogP contribution is -1.93. The molecule has 3 aromatic heterocycles. The second kappa shape index (κ2) is 5.66. The quantitative estimate of drug-likeness (QED) is 0.610. The van der Waals surface area contributed by atoms with Gasteiger partial charge in [0.2, 0.25) is 0 Å². The van der Waals surface area contributed by atoms with E-state index in [0.29, 0.717) is 6.04 Å². The van der Waals surface area contributed by atoms with E-state index >= 15 is 0 Å². The molecule has 1 fully saturated rings. The molecular weight excluding hydrogens is 331 g/mol. The van der Waals surface area contributed by atoms with E-state index in [2.05, 4.69) is 10.3 Å². The maximum Gasteiger partial charge on any atom is 0.156 e. The summed E-state index contributed by atoms with van der Waals surface area (Å²) in [5, 5.41) is 12.5. The van der Waals surface area contributed by atoms with Gasteiger partial charge in [-0.1, -0.05) is 0 Å². The summed E-state index contributed by atoms with van der Waals surface area (Å²) >= 11 is 0. The first-order valence-electron chi connectivity index (χ1n) is 8.61. The normalized spacial score (nSPS) is 14.1. The minimum Gasteiger partial charge on any atom is -0.372 e. The Bertz CT molecular complexity index is 1090. The van der Waals surface area contributed by atoms with Crippen molar-refractivity contribution in [3.8, 4) is 22.5 Å². The highest BCUT2D eigenvalue weighted by molar-refractivity contribution is 5.78. The summed E-state index contributed by atoms with van der Waals surface area (Å²) in [6.45, 7) is 0. The Morgan fingerprint density at radius 2 is 1.85 bits per heavy atom. The Morgan fingerprint density at radius 3 is 2.58 bits per heavy atom. The van der Waals surface area contributed by atoms with Gasteiger partial charge in [0.25, 0.3) is 0 Å². The van der Waals surface area contributed by atoms with Gasteiger partial charge < -0.3 is 5.32 Å². The van der Waals surface area contributed by atoms with Crippen LogP contribution in [0.25, 0.3) is 28.2 Å². The zero-order valence-electron chi connectivity index (χ0n) is 14.2. The molecule has 0 amide bonds. The second-order valence-corrected chi connectivity index (χ2v) is 6.51. The Labute approximate surface area is 149 Å². The predicted molar refractivity (Wildman–Crippen MR) is 97.4 cm³/mol. The molecule has 1 N–H and O–H groups in total. The van der Waals surface area contributed by atoms with Crippen LogP contribution in [0.1, 0.15) is 18.9 Å². The molecule has 7 heteroatoms. The van der Waals surface area contributed by atoms with Crippen LogP contribution in [0.15, 0.2) is 48.8 Å². The smallest absolute Gasteiger partial charge is 0.156 e. The largest absolute Gasteiger partial charge is 0.372 e. The van der Waals surface area contributed by atoms with Crippen molar-refractivity contribution in [2.45, 2.75) is 18.9 Å². The first-order chi connectivity index (χ1) is 12.7. The number of rotatable bonds is 4. The number of benzene rings is 1. The minimum atomic E-state index is -0.255. The molecule has 1 aliphatic rings. The van der Waals surface area contributed by atoms with E-state index in [1.807, 2.05) is 36.3 Å². The summed E-state index contributed by atoms with van der Waals surface area (Å²) in [7, 11) is 1.83. The lowest BCUT2D eigenvalue weighted by atomic mass is 10.1. The average molecular weight is 348 g/mol. The van der Waals surface area contributed by atoms with Gasteiger partial charge in [0.1, 0.15) is 17.3 Å². The van der Waals surface area contributed by atoms with E-state index in [-0.39, 0.29) is 5.82 Å². The van der Waals surface area contributed by atoms with Gasteiger partial charge in [-0.05, 0) is 49.2 Å². The molecule has 26 heavy (non-hydrogen) atoms. The molecule has 0 bridgehead atoms. The number of aromatic nitrogens is 5. The third-order valence-electron chi connectivity index (χ3n) is 4.62. The summed E-state index contributed by atoms with van der Waals surface area (Å²) < 4.78 is 17.1. The monoisotopic (exact) mass is 348 g/mol. The molecule has 0 aliphatic heterocycles. The summed E-state index contributed by atoms with van der Waals surface area (Å²) in [5.41, 5.74) is 4.21. The van der Waals surface area contributed by atoms with Gasteiger partial charge in [0, 0.05) is 24.4 Å². The van der Waals surface area contributed by atoms with Crippen LogP contribution in [0.2, 0.25) is 0 Å². The highest BCUT2D eigenvalue weighted by Crippen LogP contribution is 2.38. The minimum absolute atomic E-state index is 0.255. The molecular formula is C19H17FN6. The van der Waals surface area contributed by atoms with Gasteiger partial charge in [0.05, 0.1) is 17.9 Å². The van der Waals surface area contributed by atoms with Crippen molar-refractivity contribution in [3.05, 3.63) is 54.6 Å². The molecule has 0 spiro atoms. The second-order valence-electron chi connectivity index (χ2n) is 6.51. The van der Waals surface area contributed by atoms with Crippen molar-refractivity contribution in [2.24, 2.45) is 0 Å². The molecule has 0 atom stereocenters. The number of nitrogens with one attached hydrogen (secondary N) is 1. The molecule has 0 unspecified atom stereocenters. The van der Waals surface area contributed by atoms with Crippen LogP contribution in [-0.4, -0.2) is 31.4 Å². The zero-order chi connectivity index (χ0) is 17.7. The number of hydrogen-bond acceptors (Lipinski definition) is 4. The van der Waals surface area contributed by atoms with Gasteiger partial charge >= 0.3 is 0 Å². The van der Waals surface area contributed by atoms with Crippen LogP contribution in [0, 0.1) is 5.82 Å². The van der Waals surface area contributed by atoms with E-state index in [1.165, 1.54) is 12.1 Å². The molecule has 6 nitrogen and oxygen atoms in total. The van der Waals surface area contributed by atoms with Crippen LogP contribution in [0.3, 0.4) is 0 Å². The third-order valence-corrected chi connectivity index (χ3v) is 4.62. The third kappa shape index (κ3) is 2.52. The van der Waals surface area contributed by atoms with Crippen molar-refractivity contribution in [3.63, 3.8) is 0 Å². The highest BCUT2D eigenvalue weighted by Gasteiger charge is 2.27. The first kappa shape index (κ1) is 15.1. The number of anilines is 1. The Kier molecular flexibility index (Phi) is 3.28. The van der Waals surface area contributed by atoms with E-state index in [1.54, 1.807) is 16.6 Å². The van der Waals surface area contributed by atoms with Crippen LogP contribution in [-0.2, 0) is 0 Å². The maximum atomic E-state index is 13.3. The summed E-state index contributed by atoms with van der Waals surface area (Å²) in [5.74, 6) is 0.511. The number of nitrogens with zero attached hydrogens (tertiary/aromatic N) is 5. The lowest BCUT2D eigenvalue weighted by Gasteiger charge is -2.03. The van der Waals surface area contributed by atoms with Crippen molar-refractivity contribution in [2.75, 3.05) is 12.4 Å². The maximum absolute atomic E-state index is 13.3. The molecule has 4 aromatic rings. The van der Waals surface area contributed by atoms with E-state index in [4.69, 9.17) is 10.2 Å². The molecule has 3 heterocycles. The number of fused-ring (bicyclic) bond motifs is 1. The fraction of sp³-hybridized carbons (Fsp3) is 0.211. The Morgan fingerprint density at radius 1 is 1.04 bits per heavy atom. The molecule has 1 saturated carbocycles. The lowest BCUT2D eigenvalue weighted by molar-refractivity contribution is 0.627. The summed E-state index contributed by atoms with van der Waals surface area (Å²) in [4.78, 5) is 4.43. The van der Waals surface area contributed by atoms with E-state index < -0.39 is 0 Å². The van der Waals surface area contributed by atoms with Gasteiger partial charge in [0.15, 0.2) is 5.65 Å². The van der Waals surface area contributed by atoms with Crippen LogP contribution < -0.4 is 5.32 Å². The number of halogens is 1. The van der Waals surface area contributed by atoms with E-state index in [9.17, 15) is 4.39 Å². The van der Waals surface area contributed by atoms with Crippen molar-refractivity contribution < 1.29 is 4.39 Å². The van der Waals surface area contributed by atoms with Gasteiger partial charge in [-0.25, -0.2) is 13.9 Å². The fourth-order valence-electron chi connectivity index (χ4n) is 3.07. The standard InChI is InChI=1S/C19H17FN6/c1-21-17-11-26-18(22-17)9-8-16(23-26)15-10-25(14-6-7-14)24-19(15)12-2-4-13(20)5-3-12/h2-5,8-11,14,21H,6-7H2,1H3. The van der Waals surface area contributed by atoms with Crippen LogP contribution in [0.4, 0.5) is 10.2 Å². The Balaban J connectivity index is 1.66. The molecule has 5 rings (SSSR count). The zero-order valence-corrected chi connectivity index (χ0v) is 14.2. The molecule has 1 aromatic carbocycles. The van der Waals surface area contributed by atoms with E-state index in [0.717, 1.165) is 46.8 Å². The molecule has 0 saturated heterocycles. The van der Waals surface area contributed by atoms with Gasteiger partial charge in [-0.3, -0.25) is 4.68 Å². The van der Waals surface area contributed by atoms with Gasteiger partial charge in [-0.15, -0.1) is 0 Å². The fourth-order valence-corrected chi connectivity index (χ4v) is 3.07. The first-order valence-corrected chi connectivity index (χ1v) is 8.61.